The second-order valence-corrected chi connectivity index (χ2v) is 3.97. The van der Waals surface area contributed by atoms with E-state index in [1.165, 1.54) is 4.90 Å². The van der Waals surface area contributed by atoms with Gasteiger partial charge in [0.05, 0.1) is 5.92 Å². The van der Waals surface area contributed by atoms with Crippen molar-refractivity contribution < 1.29 is 4.79 Å². The second kappa shape index (κ2) is 3.27. The highest BCUT2D eigenvalue weighted by Gasteiger charge is 2.27. The maximum Gasteiger partial charge on any atom is 0.213 e. The van der Waals surface area contributed by atoms with E-state index in [0.717, 1.165) is 11.3 Å². The Labute approximate surface area is 81.5 Å². The highest BCUT2D eigenvalue weighted by atomic mass is 32.2. The van der Waals surface area contributed by atoms with Gasteiger partial charge in [-0.25, -0.2) is 0 Å². The van der Waals surface area contributed by atoms with Gasteiger partial charge in [0, 0.05) is 10.6 Å². The standard InChI is InChI=1S/C11H8OS/c1-2-10(12)9-7-13-11-6-4-3-5-8(9)11/h1,3-6,9H,7H2. The molecule has 0 radical (unpaired) electrons. The Morgan fingerprint density at radius 3 is 3.08 bits per heavy atom. The minimum atomic E-state index is -0.0996. The molecule has 13 heavy (non-hydrogen) atoms. The summed E-state index contributed by atoms with van der Waals surface area (Å²) in [5.41, 5.74) is 1.09. The van der Waals surface area contributed by atoms with Gasteiger partial charge in [-0.2, -0.15) is 0 Å². The molecule has 1 aromatic rings. The summed E-state index contributed by atoms with van der Waals surface area (Å²) in [5.74, 6) is 2.81. The zero-order valence-corrected chi connectivity index (χ0v) is 7.80. The maximum absolute atomic E-state index is 11.3. The summed E-state index contributed by atoms with van der Waals surface area (Å²) in [6.45, 7) is 0. The van der Waals surface area contributed by atoms with Gasteiger partial charge in [0.25, 0.3) is 0 Å². The van der Waals surface area contributed by atoms with Crippen LogP contribution in [0.15, 0.2) is 29.2 Å². The molecule has 2 heteroatoms. The lowest BCUT2D eigenvalue weighted by molar-refractivity contribution is -0.114. The lowest BCUT2D eigenvalue weighted by Crippen LogP contribution is -2.08. The monoisotopic (exact) mass is 188 g/mol. The van der Waals surface area contributed by atoms with Gasteiger partial charge < -0.3 is 0 Å². The van der Waals surface area contributed by atoms with Crippen LogP contribution >= 0.6 is 11.8 Å². The minimum Gasteiger partial charge on any atom is -0.284 e. The summed E-state index contributed by atoms with van der Waals surface area (Å²) >= 11 is 1.70. The van der Waals surface area contributed by atoms with Crippen molar-refractivity contribution in [1.29, 1.82) is 0 Å². The zero-order chi connectivity index (χ0) is 9.26. The predicted octanol–water partition coefficient (Wildman–Crippen LogP) is 2.08. The molecular formula is C11H8OS. The predicted molar refractivity (Wildman–Crippen MR) is 53.7 cm³/mol. The van der Waals surface area contributed by atoms with E-state index in [0.29, 0.717) is 0 Å². The van der Waals surface area contributed by atoms with Gasteiger partial charge in [-0.1, -0.05) is 18.2 Å². The van der Waals surface area contributed by atoms with E-state index in [-0.39, 0.29) is 11.7 Å². The van der Waals surface area contributed by atoms with E-state index in [1.807, 2.05) is 24.3 Å². The molecule has 0 fully saturated rings. The molecular weight excluding hydrogens is 180 g/mol. The van der Waals surface area contributed by atoms with E-state index in [1.54, 1.807) is 11.8 Å². The smallest absolute Gasteiger partial charge is 0.213 e. The van der Waals surface area contributed by atoms with Gasteiger partial charge in [-0.15, -0.1) is 18.2 Å². The molecule has 0 aliphatic carbocycles. The fourth-order valence-electron chi connectivity index (χ4n) is 1.48. The first-order chi connectivity index (χ1) is 6.33. The number of rotatable bonds is 1. The largest absolute Gasteiger partial charge is 0.284 e. The molecule has 0 spiro atoms. The lowest BCUT2D eigenvalue weighted by Gasteiger charge is -2.03. The maximum atomic E-state index is 11.3. The number of benzene rings is 1. The van der Waals surface area contributed by atoms with E-state index in [4.69, 9.17) is 6.42 Å². The first kappa shape index (κ1) is 8.40. The Morgan fingerprint density at radius 2 is 2.31 bits per heavy atom. The number of carbonyl (C=O) groups excluding carboxylic acids is 1. The molecule has 0 saturated heterocycles. The van der Waals surface area contributed by atoms with Gasteiger partial charge in [0.1, 0.15) is 0 Å². The summed E-state index contributed by atoms with van der Waals surface area (Å²) in [7, 11) is 0. The molecule has 0 amide bonds. The van der Waals surface area contributed by atoms with Crippen LogP contribution in [-0.4, -0.2) is 11.5 Å². The van der Waals surface area contributed by atoms with Crippen molar-refractivity contribution in [2.75, 3.05) is 5.75 Å². The molecule has 0 saturated carbocycles. The summed E-state index contributed by atoms with van der Waals surface area (Å²) < 4.78 is 0. The first-order valence-electron chi connectivity index (χ1n) is 4.05. The fraction of sp³-hybridized carbons (Fsp3) is 0.182. The molecule has 2 rings (SSSR count). The average Bonchev–Trinajstić information content (AvgIpc) is 2.60. The summed E-state index contributed by atoms with van der Waals surface area (Å²) in [6.07, 6.45) is 5.10. The highest BCUT2D eigenvalue weighted by molar-refractivity contribution is 7.99. The van der Waals surface area contributed by atoms with Crippen LogP contribution in [0.3, 0.4) is 0 Å². The number of Topliss-reactive ketones (excluding diaryl/α,β-unsaturated/α-hetero) is 1. The third-order valence-corrected chi connectivity index (χ3v) is 3.34. The van der Waals surface area contributed by atoms with Crippen LogP contribution in [0.5, 0.6) is 0 Å². The van der Waals surface area contributed by atoms with Crippen molar-refractivity contribution in [2.24, 2.45) is 0 Å². The van der Waals surface area contributed by atoms with Crippen LogP contribution in [0.1, 0.15) is 11.5 Å². The number of hydrogen-bond acceptors (Lipinski definition) is 2. The van der Waals surface area contributed by atoms with Crippen molar-refractivity contribution in [2.45, 2.75) is 10.8 Å². The minimum absolute atomic E-state index is 0.0776. The molecule has 0 N–H and O–H groups in total. The van der Waals surface area contributed by atoms with Gasteiger partial charge in [0.2, 0.25) is 5.78 Å². The van der Waals surface area contributed by atoms with Gasteiger partial charge >= 0.3 is 0 Å². The molecule has 0 aromatic heterocycles. The number of terminal acetylenes is 1. The van der Waals surface area contributed by atoms with Crippen molar-refractivity contribution in [3.8, 4) is 12.3 Å². The molecule has 1 aromatic carbocycles. The van der Waals surface area contributed by atoms with Crippen LogP contribution in [0.25, 0.3) is 0 Å². The molecule has 0 bridgehead atoms. The van der Waals surface area contributed by atoms with Crippen molar-refractivity contribution in [1.82, 2.24) is 0 Å². The fourth-order valence-corrected chi connectivity index (χ4v) is 2.71. The van der Waals surface area contributed by atoms with Crippen molar-refractivity contribution >= 4 is 17.5 Å². The van der Waals surface area contributed by atoms with Crippen LogP contribution in [0.2, 0.25) is 0 Å². The lowest BCUT2D eigenvalue weighted by atomic mass is 9.97. The molecule has 1 atom stereocenters. The topological polar surface area (TPSA) is 17.1 Å². The van der Waals surface area contributed by atoms with Crippen LogP contribution in [0, 0.1) is 12.3 Å². The van der Waals surface area contributed by atoms with Crippen molar-refractivity contribution in [3.05, 3.63) is 29.8 Å². The van der Waals surface area contributed by atoms with E-state index < -0.39 is 0 Å². The van der Waals surface area contributed by atoms with E-state index in [2.05, 4.69) is 5.92 Å². The third-order valence-electron chi connectivity index (χ3n) is 2.16. The number of ketones is 1. The van der Waals surface area contributed by atoms with Gasteiger partial charge in [0.15, 0.2) is 0 Å². The molecule has 64 valence electrons. The van der Waals surface area contributed by atoms with Crippen LogP contribution < -0.4 is 0 Å². The molecule has 1 nitrogen and oxygen atoms in total. The molecule has 1 aliphatic heterocycles. The van der Waals surface area contributed by atoms with E-state index >= 15 is 0 Å². The second-order valence-electron chi connectivity index (χ2n) is 2.91. The van der Waals surface area contributed by atoms with Gasteiger partial charge in [-0.3, -0.25) is 4.79 Å². The van der Waals surface area contributed by atoms with Crippen molar-refractivity contribution in [3.63, 3.8) is 0 Å². The number of carbonyl (C=O) groups is 1. The van der Waals surface area contributed by atoms with E-state index in [9.17, 15) is 4.79 Å². The molecule has 1 unspecified atom stereocenters. The average molecular weight is 188 g/mol. The Balaban J connectivity index is 2.40. The Morgan fingerprint density at radius 1 is 1.54 bits per heavy atom. The number of thioether (sulfide) groups is 1. The van der Waals surface area contributed by atoms with Crippen LogP contribution in [-0.2, 0) is 4.79 Å². The quantitative estimate of drug-likeness (QED) is 0.496. The Bertz CT molecular complexity index is 389. The molecule has 1 heterocycles. The molecule has 1 aliphatic rings. The Kier molecular flexibility index (Phi) is 2.12. The summed E-state index contributed by atoms with van der Waals surface area (Å²) in [6, 6.07) is 7.94. The zero-order valence-electron chi connectivity index (χ0n) is 6.99. The highest BCUT2D eigenvalue weighted by Crippen LogP contribution is 2.39. The third kappa shape index (κ3) is 1.36. The SMILES string of the molecule is C#CC(=O)C1CSc2ccccc21. The van der Waals surface area contributed by atoms with Gasteiger partial charge in [-0.05, 0) is 17.6 Å². The Hall–Kier alpha value is -1.20. The summed E-state index contributed by atoms with van der Waals surface area (Å²) in [4.78, 5) is 12.5. The van der Waals surface area contributed by atoms with Crippen LogP contribution in [0.4, 0.5) is 0 Å². The first-order valence-corrected chi connectivity index (χ1v) is 5.03. The number of fused-ring (bicyclic) bond motifs is 1. The number of hydrogen-bond donors (Lipinski definition) is 0. The normalized spacial score (nSPS) is 19.2. The summed E-state index contributed by atoms with van der Waals surface area (Å²) in [5, 5.41) is 0.